The number of carbonyl (C=O) groups is 1. The average Bonchev–Trinajstić information content (AvgIpc) is 2.85. The van der Waals surface area contributed by atoms with Crippen LogP contribution in [0.4, 0.5) is 0 Å². The highest BCUT2D eigenvalue weighted by Gasteiger charge is 2.23. The van der Waals surface area contributed by atoms with Crippen LogP contribution in [-0.2, 0) is 12.8 Å². The fourth-order valence-corrected chi connectivity index (χ4v) is 3.37. The number of fused-ring (bicyclic) bond motifs is 1. The van der Waals surface area contributed by atoms with Crippen LogP contribution in [-0.4, -0.2) is 28.9 Å². The fraction of sp³-hybridized carbons (Fsp3) is 0.500. The zero-order valence-electron chi connectivity index (χ0n) is 10.0. The Bertz CT molecular complexity index is 446. The quantitative estimate of drug-likeness (QED) is 0.853. The van der Waals surface area contributed by atoms with Crippen LogP contribution in [0, 0.1) is 0 Å². The zero-order chi connectivity index (χ0) is 12.6. The molecule has 0 spiro atoms. The molecule has 0 aromatic carbocycles. The Kier molecular flexibility index (Phi) is 3.49. The lowest BCUT2D eigenvalue weighted by Crippen LogP contribution is -2.42. The smallest absolute Gasteiger partial charge is 0.264 e. The third-order valence-corrected chi connectivity index (χ3v) is 4.84. The number of hydrogen-bond acceptors (Lipinski definition) is 3. The molecule has 1 amide bonds. The van der Waals surface area contributed by atoms with Gasteiger partial charge < -0.3 is 10.6 Å². The van der Waals surface area contributed by atoms with Gasteiger partial charge in [0.25, 0.3) is 5.91 Å². The van der Waals surface area contributed by atoms with Crippen molar-refractivity contribution in [2.45, 2.75) is 32.2 Å². The van der Waals surface area contributed by atoms with E-state index in [9.17, 15) is 4.79 Å². The molecule has 3 nitrogen and oxygen atoms in total. The summed E-state index contributed by atoms with van der Waals surface area (Å²) in [5.41, 5.74) is 6.91. The summed E-state index contributed by atoms with van der Waals surface area (Å²) in [7, 11) is 1.75. The van der Waals surface area contributed by atoms with Crippen LogP contribution >= 0.6 is 23.6 Å². The van der Waals surface area contributed by atoms with Gasteiger partial charge in [0.1, 0.15) is 0 Å². The molecule has 1 aliphatic rings. The van der Waals surface area contributed by atoms with Crippen LogP contribution in [0.25, 0.3) is 0 Å². The second-order valence-corrected chi connectivity index (χ2v) is 6.02. The summed E-state index contributed by atoms with van der Waals surface area (Å²) in [5, 5.41) is 0. The van der Waals surface area contributed by atoms with Crippen LogP contribution in [0.2, 0.25) is 0 Å². The highest BCUT2D eigenvalue weighted by Crippen LogP contribution is 2.31. The van der Waals surface area contributed by atoms with Crippen molar-refractivity contribution in [2.75, 3.05) is 7.05 Å². The van der Waals surface area contributed by atoms with Gasteiger partial charge in [-0.1, -0.05) is 12.2 Å². The lowest BCUT2D eigenvalue weighted by atomic mass is 10.2. The van der Waals surface area contributed by atoms with Gasteiger partial charge in [-0.3, -0.25) is 4.79 Å². The molecule has 0 radical (unpaired) electrons. The Morgan fingerprint density at radius 1 is 1.59 bits per heavy atom. The maximum atomic E-state index is 12.2. The molecule has 0 fully saturated rings. The summed E-state index contributed by atoms with van der Waals surface area (Å²) in [6, 6.07) is 1.83. The minimum atomic E-state index is -0.200. The molecule has 0 bridgehead atoms. The first-order chi connectivity index (χ1) is 8.00. The Hall–Kier alpha value is -0.940. The second kappa shape index (κ2) is 4.74. The molecule has 2 rings (SSSR count). The van der Waals surface area contributed by atoms with E-state index in [2.05, 4.69) is 0 Å². The van der Waals surface area contributed by atoms with Gasteiger partial charge in [0, 0.05) is 11.9 Å². The minimum absolute atomic E-state index is 0.0182. The Morgan fingerprint density at radius 2 is 2.29 bits per heavy atom. The van der Waals surface area contributed by atoms with Gasteiger partial charge in [-0.2, -0.15) is 0 Å². The molecule has 2 N–H and O–H groups in total. The maximum Gasteiger partial charge on any atom is 0.264 e. The van der Waals surface area contributed by atoms with Crippen molar-refractivity contribution in [2.24, 2.45) is 5.73 Å². The van der Waals surface area contributed by atoms with E-state index in [1.807, 2.05) is 13.0 Å². The molecule has 1 heterocycles. The van der Waals surface area contributed by atoms with Crippen molar-refractivity contribution in [1.82, 2.24) is 4.90 Å². The Morgan fingerprint density at radius 3 is 2.88 bits per heavy atom. The van der Waals surface area contributed by atoms with E-state index in [1.165, 1.54) is 16.9 Å². The van der Waals surface area contributed by atoms with Gasteiger partial charge in [-0.05, 0) is 37.8 Å². The number of nitrogens with two attached hydrogens (primary N) is 1. The standard InChI is InChI=1S/C12H16N2OS2/c1-7(11(13)16)14(2)12(15)10-6-8-4-3-5-9(8)17-10/h6-7H,3-5H2,1-2H3,(H2,13,16). The van der Waals surface area contributed by atoms with Gasteiger partial charge in [0.05, 0.1) is 15.9 Å². The predicted molar refractivity (Wildman–Crippen MR) is 74.7 cm³/mol. The topological polar surface area (TPSA) is 46.3 Å². The van der Waals surface area contributed by atoms with Crippen molar-refractivity contribution >= 4 is 34.5 Å². The van der Waals surface area contributed by atoms with E-state index in [0.717, 1.165) is 17.7 Å². The van der Waals surface area contributed by atoms with Gasteiger partial charge in [0.2, 0.25) is 0 Å². The van der Waals surface area contributed by atoms with E-state index >= 15 is 0 Å². The first kappa shape index (κ1) is 12.5. The molecule has 92 valence electrons. The first-order valence-corrected chi connectivity index (χ1v) is 6.91. The molecule has 1 aliphatic carbocycles. The van der Waals surface area contributed by atoms with Gasteiger partial charge >= 0.3 is 0 Å². The van der Waals surface area contributed by atoms with Crippen LogP contribution in [0.1, 0.15) is 33.5 Å². The van der Waals surface area contributed by atoms with Gasteiger partial charge in [0.15, 0.2) is 0 Å². The number of likely N-dealkylation sites (N-methyl/N-ethyl adjacent to an activating group) is 1. The largest absolute Gasteiger partial charge is 0.392 e. The van der Waals surface area contributed by atoms with Crippen molar-refractivity contribution in [3.8, 4) is 0 Å². The number of hydrogen-bond donors (Lipinski definition) is 1. The normalized spacial score (nSPS) is 15.4. The van der Waals surface area contributed by atoms with Crippen molar-refractivity contribution in [3.63, 3.8) is 0 Å². The van der Waals surface area contributed by atoms with Crippen LogP contribution < -0.4 is 5.73 Å². The summed E-state index contributed by atoms with van der Waals surface area (Å²) in [6.07, 6.45) is 3.43. The number of amides is 1. The summed E-state index contributed by atoms with van der Waals surface area (Å²) in [6.45, 7) is 1.85. The maximum absolute atomic E-state index is 12.2. The molecule has 5 heteroatoms. The molecular weight excluding hydrogens is 252 g/mol. The summed E-state index contributed by atoms with van der Waals surface area (Å²) in [4.78, 5) is 16.4. The minimum Gasteiger partial charge on any atom is -0.392 e. The number of carbonyl (C=O) groups excluding carboxylic acids is 1. The molecule has 0 saturated carbocycles. The lowest BCUT2D eigenvalue weighted by molar-refractivity contribution is 0.0783. The van der Waals surface area contributed by atoms with Crippen molar-refractivity contribution in [3.05, 3.63) is 21.4 Å². The number of thiocarbonyl (C=S) groups is 1. The van der Waals surface area contributed by atoms with E-state index in [1.54, 1.807) is 23.3 Å². The first-order valence-electron chi connectivity index (χ1n) is 5.68. The summed E-state index contributed by atoms with van der Waals surface area (Å²) in [5.74, 6) is 0.0182. The molecule has 17 heavy (non-hydrogen) atoms. The van der Waals surface area contributed by atoms with E-state index < -0.39 is 0 Å². The number of rotatable bonds is 3. The molecule has 1 aromatic rings. The summed E-state index contributed by atoms with van der Waals surface area (Å²) < 4.78 is 0. The predicted octanol–water partition coefficient (Wildman–Crippen LogP) is 1.98. The van der Waals surface area contributed by atoms with E-state index in [-0.39, 0.29) is 11.9 Å². The van der Waals surface area contributed by atoms with Crippen LogP contribution in [0.15, 0.2) is 6.07 Å². The van der Waals surface area contributed by atoms with Crippen molar-refractivity contribution < 1.29 is 4.79 Å². The van der Waals surface area contributed by atoms with E-state index in [4.69, 9.17) is 18.0 Å². The molecule has 1 aromatic heterocycles. The molecule has 0 aliphatic heterocycles. The van der Waals surface area contributed by atoms with Gasteiger partial charge in [-0.15, -0.1) is 11.3 Å². The number of aryl methyl sites for hydroxylation is 2. The third-order valence-electron chi connectivity index (χ3n) is 3.27. The van der Waals surface area contributed by atoms with Crippen LogP contribution in [0.3, 0.4) is 0 Å². The fourth-order valence-electron chi connectivity index (χ4n) is 1.97. The number of thiophene rings is 1. The van der Waals surface area contributed by atoms with Gasteiger partial charge in [-0.25, -0.2) is 0 Å². The van der Waals surface area contributed by atoms with Crippen molar-refractivity contribution in [1.29, 1.82) is 0 Å². The Labute approximate surface area is 111 Å². The average molecular weight is 268 g/mol. The highest BCUT2D eigenvalue weighted by molar-refractivity contribution is 7.80. The molecule has 1 unspecified atom stereocenters. The highest BCUT2D eigenvalue weighted by atomic mass is 32.1. The number of nitrogens with zero attached hydrogens (tertiary/aromatic N) is 1. The molecule has 1 atom stereocenters. The monoisotopic (exact) mass is 268 g/mol. The lowest BCUT2D eigenvalue weighted by Gasteiger charge is -2.23. The summed E-state index contributed by atoms with van der Waals surface area (Å²) >= 11 is 6.53. The SMILES string of the molecule is CC(C(N)=S)N(C)C(=O)c1cc2c(s1)CCC2. The Balaban J connectivity index is 2.16. The molecular formula is C12H16N2OS2. The second-order valence-electron chi connectivity index (χ2n) is 4.41. The zero-order valence-corrected chi connectivity index (χ0v) is 11.7. The third kappa shape index (κ3) is 2.35. The van der Waals surface area contributed by atoms with E-state index in [0.29, 0.717) is 4.99 Å². The van der Waals surface area contributed by atoms with Crippen LogP contribution in [0.5, 0.6) is 0 Å². The molecule has 0 saturated heterocycles.